The topological polar surface area (TPSA) is 57.6 Å². The molecule has 1 aliphatic rings. The average molecular weight is 261 g/mol. The van der Waals surface area contributed by atoms with Gasteiger partial charge in [-0.3, -0.25) is 4.79 Å². The normalized spacial score (nSPS) is 14.2. The van der Waals surface area contributed by atoms with Crippen LogP contribution in [0.15, 0.2) is 24.3 Å². The van der Waals surface area contributed by atoms with Crippen LogP contribution in [0, 0.1) is 5.92 Å². The SMILES string of the molecule is CCN(CC1CC1)C(=O)Cc1ccccc1C(=O)O. The number of rotatable bonds is 6. The fourth-order valence-corrected chi connectivity index (χ4v) is 2.18. The lowest BCUT2D eigenvalue weighted by molar-refractivity contribution is -0.130. The van der Waals surface area contributed by atoms with Crippen molar-refractivity contribution in [3.05, 3.63) is 35.4 Å². The van der Waals surface area contributed by atoms with E-state index < -0.39 is 5.97 Å². The van der Waals surface area contributed by atoms with Crippen molar-refractivity contribution in [3.8, 4) is 0 Å². The van der Waals surface area contributed by atoms with E-state index in [9.17, 15) is 9.59 Å². The zero-order valence-electron chi connectivity index (χ0n) is 11.1. The van der Waals surface area contributed by atoms with E-state index >= 15 is 0 Å². The summed E-state index contributed by atoms with van der Waals surface area (Å²) in [5.41, 5.74) is 0.813. The number of amides is 1. The van der Waals surface area contributed by atoms with E-state index in [-0.39, 0.29) is 17.9 Å². The molecule has 0 atom stereocenters. The second kappa shape index (κ2) is 5.87. The summed E-state index contributed by atoms with van der Waals surface area (Å²) in [5.74, 6) is -0.310. The van der Waals surface area contributed by atoms with Crippen LogP contribution >= 0.6 is 0 Å². The van der Waals surface area contributed by atoms with Crippen LogP contribution in [0.3, 0.4) is 0 Å². The Bertz CT molecular complexity index is 480. The van der Waals surface area contributed by atoms with Crippen LogP contribution < -0.4 is 0 Å². The van der Waals surface area contributed by atoms with Gasteiger partial charge < -0.3 is 10.0 Å². The van der Waals surface area contributed by atoms with E-state index in [0.29, 0.717) is 18.0 Å². The Morgan fingerprint density at radius 2 is 2.00 bits per heavy atom. The monoisotopic (exact) mass is 261 g/mol. The first kappa shape index (κ1) is 13.6. The molecule has 0 unspecified atom stereocenters. The fourth-order valence-electron chi connectivity index (χ4n) is 2.18. The van der Waals surface area contributed by atoms with Crippen LogP contribution in [-0.2, 0) is 11.2 Å². The lowest BCUT2D eigenvalue weighted by Gasteiger charge is -2.21. The van der Waals surface area contributed by atoms with Gasteiger partial charge in [-0.25, -0.2) is 4.79 Å². The lowest BCUT2D eigenvalue weighted by atomic mass is 10.0. The number of hydrogen-bond acceptors (Lipinski definition) is 2. The maximum Gasteiger partial charge on any atom is 0.335 e. The number of likely N-dealkylation sites (N-methyl/N-ethyl adjacent to an activating group) is 1. The van der Waals surface area contributed by atoms with Crippen LogP contribution in [0.5, 0.6) is 0 Å². The van der Waals surface area contributed by atoms with E-state index in [2.05, 4.69) is 0 Å². The molecule has 1 N–H and O–H groups in total. The van der Waals surface area contributed by atoms with Crippen LogP contribution in [0.1, 0.15) is 35.7 Å². The predicted octanol–water partition coefficient (Wildman–Crippen LogP) is 2.19. The Balaban J connectivity index is 2.06. The Kier molecular flexibility index (Phi) is 4.20. The number of hydrogen-bond donors (Lipinski definition) is 1. The summed E-state index contributed by atoms with van der Waals surface area (Å²) in [5, 5.41) is 9.10. The molecule has 0 aromatic heterocycles. The van der Waals surface area contributed by atoms with Crippen molar-refractivity contribution in [1.82, 2.24) is 4.90 Å². The maximum atomic E-state index is 12.2. The molecule has 4 heteroatoms. The lowest BCUT2D eigenvalue weighted by Crippen LogP contribution is -2.34. The molecule has 0 bridgehead atoms. The summed E-state index contributed by atoms with van der Waals surface area (Å²) in [6, 6.07) is 6.71. The van der Waals surface area contributed by atoms with Gasteiger partial charge >= 0.3 is 5.97 Å². The third kappa shape index (κ3) is 3.56. The quantitative estimate of drug-likeness (QED) is 0.854. The average Bonchev–Trinajstić information content (AvgIpc) is 3.20. The van der Waals surface area contributed by atoms with Crippen LogP contribution in [-0.4, -0.2) is 35.0 Å². The molecule has 0 spiro atoms. The minimum Gasteiger partial charge on any atom is -0.478 e. The molecule has 1 saturated carbocycles. The smallest absolute Gasteiger partial charge is 0.335 e. The molecular weight excluding hydrogens is 242 g/mol. The van der Waals surface area contributed by atoms with Crippen molar-refractivity contribution in [3.63, 3.8) is 0 Å². The number of nitrogens with zero attached hydrogens (tertiary/aromatic N) is 1. The van der Waals surface area contributed by atoms with Crippen molar-refractivity contribution in [1.29, 1.82) is 0 Å². The van der Waals surface area contributed by atoms with E-state index in [4.69, 9.17) is 5.11 Å². The summed E-state index contributed by atoms with van der Waals surface area (Å²) >= 11 is 0. The number of benzene rings is 1. The molecule has 1 amide bonds. The first-order valence-corrected chi connectivity index (χ1v) is 6.70. The second-order valence-corrected chi connectivity index (χ2v) is 5.01. The highest BCUT2D eigenvalue weighted by Crippen LogP contribution is 2.29. The zero-order chi connectivity index (χ0) is 13.8. The van der Waals surface area contributed by atoms with Gasteiger partial charge in [0, 0.05) is 13.1 Å². The summed E-state index contributed by atoms with van der Waals surface area (Å²) < 4.78 is 0. The van der Waals surface area contributed by atoms with Gasteiger partial charge in [-0.05, 0) is 37.3 Å². The molecule has 1 aromatic rings. The standard InChI is InChI=1S/C15H19NO3/c1-2-16(10-11-7-8-11)14(17)9-12-5-3-4-6-13(12)15(18)19/h3-6,11H,2,7-10H2,1H3,(H,18,19). The highest BCUT2D eigenvalue weighted by Gasteiger charge is 2.26. The number of aromatic carboxylic acids is 1. The number of carbonyl (C=O) groups excluding carboxylic acids is 1. The van der Waals surface area contributed by atoms with Crippen LogP contribution in [0.4, 0.5) is 0 Å². The molecule has 0 saturated heterocycles. The third-order valence-corrected chi connectivity index (χ3v) is 3.50. The van der Waals surface area contributed by atoms with E-state index in [1.807, 2.05) is 11.8 Å². The number of carbonyl (C=O) groups is 2. The van der Waals surface area contributed by atoms with E-state index in [1.165, 1.54) is 12.8 Å². The third-order valence-electron chi connectivity index (χ3n) is 3.50. The molecule has 19 heavy (non-hydrogen) atoms. The molecule has 102 valence electrons. The van der Waals surface area contributed by atoms with Gasteiger partial charge in [0.1, 0.15) is 0 Å². The highest BCUT2D eigenvalue weighted by atomic mass is 16.4. The summed E-state index contributed by atoms with van der Waals surface area (Å²) in [6.45, 7) is 3.46. The minimum absolute atomic E-state index is 0.0168. The summed E-state index contributed by atoms with van der Waals surface area (Å²) in [6.07, 6.45) is 2.58. The molecule has 1 aromatic carbocycles. The van der Waals surface area contributed by atoms with Gasteiger partial charge in [0.25, 0.3) is 0 Å². The highest BCUT2D eigenvalue weighted by molar-refractivity contribution is 5.91. The largest absolute Gasteiger partial charge is 0.478 e. The van der Waals surface area contributed by atoms with Gasteiger partial charge in [0.2, 0.25) is 5.91 Å². The first-order valence-electron chi connectivity index (χ1n) is 6.70. The Morgan fingerprint density at radius 3 is 2.58 bits per heavy atom. The Morgan fingerprint density at radius 1 is 1.32 bits per heavy atom. The molecular formula is C15H19NO3. The molecule has 2 rings (SSSR count). The molecule has 4 nitrogen and oxygen atoms in total. The number of carboxylic acids is 1. The van der Waals surface area contributed by atoms with Crippen molar-refractivity contribution in [2.75, 3.05) is 13.1 Å². The minimum atomic E-state index is -0.978. The predicted molar refractivity (Wildman–Crippen MR) is 72.1 cm³/mol. The Hall–Kier alpha value is -1.84. The van der Waals surface area contributed by atoms with Gasteiger partial charge in [0.15, 0.2) is 0 Å². The van der Waals surface area contributed by atoms with Gasteiger partial charge in [0.05, 0.1) is 12.0 Å². The number of carboxylic acid groups (broad SMARTS) is 1. The molecule has 0 radical (unpaired) electrons. The fraction of sp³-hybridized carbons (Fsp3) is 0.467. The van der Waals surface area contributed by atoms with Crippen LogP contribution in [0.25, 0.3) is 0 Å². The zero-order valence-corrected chi connectivity index (χ0v) is 11.1. The maximum absolute atomic E-state index is 12.2. The second-order valence-electron chi connectivity index (χ2n) is 5.01. The first-order chi connectivity index (χ1) is 9.11. The molecule has 1 aliphatic carbocycles. The van der Waals surface area contributed by atoms with Gasteiger partial charge in [-0.1, -0.05) is 18.2 Å². The van der Waals surface area contributed by atoms with Crippen LogP contribution in [0.2, 0.25) is 0 Å². The van der Waals surface area contributed by atoms with Gasteiger partial charge in [-0.2, -0.15) is 0 Å². The van der Waals surface area contributed by atoms with E-state index in [0.717, 1.165) is 6.54 Å². The summed E-state index contributed by atoms with van der Waals surface area (Å²) in [7, 11) is 0. The molecule has 1 fully saturated rings. The van der Waals surface area contributed by atoms with Crippen molar-refractivity contribution in [2.45, 2.75) is 26.2 Å². The van der Waals surface area contributed by atoms with Crippen molar-refractivity contribution >= 4 is 11.9 Å². The summed E-state index contributed by atoms with van der Waals surface area (Å²) in [4.78, 5) is 25.1. The van der Waals surface area contributed by atoms with Crippen molar-refractivity contribution < 1.29 is 14.7 Å². The molecule has 0 heterocycles. The Labute approximate surface area is 113 Å². The van der Waals surface area contributed by atoms with Gasteiger partial charge in [-0.15, -0.1) is 0 Å². The van der Waals surface area contributed by atoms with Crippen molar-refractivity contribution in [2.24, 2.45) is 5.92 Å². The van der Waals surface area contributed by atoms with E-state index in [1.54, 1.807) is 24.3 Å². The molecule has 0 aliphatic heterocycles.